The molecule has 0 heterocycles. The molecule has 1 aromatic carbocycles. The van der Waals surface area contributed by atoms with Gasteiger partial charge < -0.3 is 10.1 Å². The second-order valence-electron chi connectivity index (χ2n) is 6.00. The molecule has 0 saturated heterocycles. The Morgan fingerprint density at radius 3 is 2.50 bits per heavy atom. The van der Waals surface area contributed by atoms with Crippen molar-refractivity contribution < 1.29 is 27.5 Å². The molecule has 0 radical (unpaired) electrons. The molecule has 0 aliphatic heterocycles. The van der Waals surface area contributed by atoms with Crippen molar-refractivity contribution in [3.63, 3.8) is 0 Å². The molecule has 2 N–H and O–H groups in total. The van der Waals surface area contributed by atoms with E-state index in [-0.39, 0.29) is 21.5 Å². The van der Waals surface area contributed by atoms with Crippen LogP contribution < -0.4 is 10.6 Å². The van der Waals surface area contributed by atoms with Gasteiger partial charge in [0.2, 0.25) is 0 Å². The first-order valence-electron chi connectivity index (χ1n) is 7.94. The van der Waals surface area contributed by atoms with Crippen molar-refractivity contribution in [3.8, 4) is 0 Å². The van der Waals surface area contributed by atoms with Gasteiger partial charge in [-0.3, -0.25) is 10.1 Å². The highest BCUT2D eigenvalue weighted by Crippen LogP contribution is 2.23. The smallest absolute Gasteiger partial charge is 0.338 e. The van der Waals surface area contributed by atoms with E-state index >= 15 is 0 Å². The number of urea groups is 1. The highest BCUT2D eigenvalue weighted by molar-refractivity contribution is 7.90. The molecule has 142 valence electrons. The first-order valence-corrected chi connectivity index (χ1v) is 10.2. The minimum Gasteiger partial charge on any atom is -0.452 e. The Hall–Kier alpha value is -2.13. The zero-order valence-electron chi connectivity index (χ0n) is 14.1. The molecule has 8 nitrogen and oxygen atoms in total. The van der Waals surface area contributed by atoms with E-state index in [1.807, 2.05) is 0 Å². The van der Waals surface area contributed by atoms with Crippen molar-refractivity contribution in [2.24, 2.45) is 0 Å². The zero-order chi connectivity index (χ0) is 19.3. The number of sulfone groups is 1. The Bertz CT molecular complexity index is 818. The van der Waals surface area contributed by atoms with Gasteiger partial charge in [0.05, 0.1) is 15.5 Å². The number of nitrogens with one attached hydrogen (secondary N) is 2. The van der Waals surface area contributed by atoms with E-state index in [9.17, 15) is 22.8 Å². The van der Waals surface area contributed by atoms with Crippen molar-refractivity contribution in [2.45, 2.75) is 36.6 Å². The molecule has 1 saturated carbocycles. The van der Waals surface area contributed by atoms with Gasteiger partial charge in [-0.2, -0.15) is 0 Å². The van der Waals surface area contributed by atoms with Crippen LogP contribution in [0.1, 0.15) is 36.0 Å². The van der Waals surface area contributed by atoms with E-state index < -0.39 is 34.4 Å². The Balaban J connectivity index is 1.88. The van der Waals surface area contributed by atoms with Gasteiger partial charge in [-0.15, -0.1) is 0 Å². The summed E-state index contributed by atoms with van der Waals surface area (Å²) in [7, 11) is -3.62. The van der Waals surface area contributed by atoms with Crippen LogP contribution in [0.5, 0.6) is 0 Å². The van der Waals surface area contributed by atoms with Gasteiger partial charge in [-0.05, 0) is 31.0 Å². The number of carbonyl (C=O) groups is 3. The number of rotatable bonds is 5. The van der Waals surface area contributed by atoms with E-state index in [1.54, 1.807) is 0 Å². The average Bonchev–Trinajstić information content (AvgIpc) is 3.04. The molecule has 1 aliphatic carbocycles. The molecule has 0 atom stereocenters. The van der Waals surface area contributed by atoms with E-state index in [0.717, 1.165) is 38.0 Å². The molecule has 0 unspecified atom stereocenters. The van der Waals surface area contributed by atoms with Gasteiger partial charge in [-0.25, -0.2) is 18.0 Å². The van der Waals surface area contributed by atoms with Crippen LogP contribution in [0.2, 0.25) is 5.02 Å². The summed E-state index contributed by atoms with van der Waals surface area (Å²) in [6.45, 7) is -0.673. The molecule has 0 spiro atoms. The summed E-state index contributed by atoms with van der Waals surface area (Å²) in [5.74, 6) is -1.69. The maximum absolute atomic E-state index is 12.0. The van der Waals surface area contributed by atoms with Crippen molar-refractivity contribution in [1.29, 1.82) is 0 Å². The predicted molar refractivity (Wildman–Crippen MR) is 93.8 cm³/mol. The fourth-order valence-electron chi connectivity index (χ4n) is 2.58. The van der Waals surface area contributed by atoms with Crippen LogP contribution in [0.15, 0.2) is 23.1 Å². The molecule has 3 amide bonds. The van der Waals surface area contributed by atoms with Crippen LogP contribution in [-0.2, 0) is 19.4 Å². The van der Waals surface area contributed by atoms with Gasteiger partial charge in [0, 0.05) is 12.3 Å². The lowest BCUT2D eigenvalue weighted by Crippen LogP contribution is -2.45. The highest BCUT2D eigenvalue weighted by Gasteiger charge is 2.20. The molecular formula is C16H19ClN2O6S. The predicted octanol–water partition coefficient (Wildman–Crippen LogP) is 1.67. The Morgan fingerprint density at radius 1 is 1.23 bits per heavy atom. The number of imide groups is 1. The first-order chi connectivity index (χ1) is 12.2. The summed E-state index contributed by atoms with van der Waals surface area (Å²) in [6, 6.07) is 3.02. The number of benzene rings is 1. The molecule has 10 heteroatoms. The maximum Gasteiger partial charge on any atom is 0.338 e. The zero-order valence-corrected chi connectivity index (χ0v) is 15.7. The Morgan fingerprint density at radius 2 is 1.88 bits per heavy atom. The van der Waals surface area contributed by atoms with Crippen LogP contribution in [0, 0.1) is 0 Å². The van der Waals surface area contributed by atoms with Gasteiger partial charge in [0.25, 0.3) is 5.91 Å². The fraction of sp³-hybridized carbons (Fsp3) is 0.438. The van der Waals surface area contributed by atoms with Crippen LogP contribution >= 0.6 is 11.6 Å². The number of carbonyl (C=O) groups excluding carboxylic acids is 3. The second-order valence-corrected chi connectivity index (χ2v) is 8.39. The van der Waals surface area contributed by atoms with E-state index in [4.69, 9.17) is 16.3 Å². The largest absolute Gasteiger partial charge is 0.452 e. The minimum absolute atomic E-state index is 0.0228. The quantitative estimate of drug-likeness (QED) is 0.723. The van der Waals surface area contributed by atoms with Gasteiger partial charge in [0.15, 0.2) is 16.4 Å². The summed E-state index contributed by atoms with van der Waals surface area (Å²) in [5.41, 5.74) is -0.0713. The Labute approximate surface area is 156 Å². The van der Waals surface area contributed by atoms with Crippen molar-refractivity contribution >= 4 is 39.3 Å². The number of ether oxygens (including phenoxy) is 1. The maximum atomic E-state index is 12.0. The normalized spacial score (nSPS) is 14.7. The third-order valence-electron chi connectivity index (χ3n) is 3.84. The van der Waals surface area contributed by atoms with Gasteiger partial charge >= 0.3 is 12.0 Å². The van der Waals surface area contributed by atoms with E-state index in [0.29, 0.717) is 0 Å². The number of esters is 1. The van der Waals surface area contributed by atoms with E-state index in [1.165, 1.54) is 12.1 Å². The molecule has 1 fully saturated rings. The van der Waals surface area contributed by atoms with Crippen molar-refractivity contribution in [3.05, 3.63) is 28.8 Å². The Kier molecular flexibility index (Phi) is 6.60. The number of halogens is 1. The lowest BCUT2D eigenvalue weighted by Gasteiger charge is -2.12. The average molecular weight is 403 g/mol. The fourth-order valence-corrected chi connectivity index (χ4v) is 3.88. The summed E-state index contributed by atoms with van der Waals surface area (Å²) in [4.78, 5) is 35.1. The summed E-state index contributed by atoms with van der Waals surface area (Å²) >= 11 is 5.80. The third kappa shape index (κ3) is 5.70. The lowest BCUT2D eigenvalue weighted by atomic mass is 10.2. The molecule has 0 aromatic heterocycles. The summed E-state index contributed by atoms with van der Waals surface area (Å²) in [6.07, 6.45) is 4.77. The molecule has 1 aromatic rings. The van der Waals surface area contributed by atoms with Gasteiger partial charge in [-0.1, -0.05) is 24.4 Å². The number of hydrogen-bond donors (Lipinski definition) is 2. The van der Waals surface area contributed by atoms with Crippen molar-refractivity contribution in [1.82, 2.24) is 10.6 Å². The standard InChI is InChI=1S/C16H19ClN2O6S/c1-26(23,24)13-8-10(6-7-12(13)17)15(21)25-9-14(20)19-16(22)18-11-4-2-3-5-11/h6-8,11H,2-5,9H2,1H3,(H2,18,19,20,22). The molecule has 26 heavy (non-hydrogen) atoms. The topological polar surface area (TPSA) is 119 Å². The van der Waals surface area contributed by atoms with Crippen LogP contribution in [0.3, 0.4) is 0 Å². The lowest BCUT2D eigenvalue weighted by molar-refractivity contribution is -0.123. The van der Waals surface area contributed by atoms with Crippen LogP contribution in [-0.4, -0.2) is 45.2 Å². The first kappa shape index (κ1) is 20.2. The molecule has 0 bridgehead atoms. The summed E-state index contributed by atoms with van der Waals surface area (Å²) in [5, 5.41) is 4.72. The molecule has 2 rings (SSSR count). The van der Waals surface area contributed by atoms with Gasteiger partial charge in [0.1, 0.15) is 0 Å². The summed E-state index contributed by atoms with van der Waals surface area (Å²) < 4.78 is 28.0. The van der Waals surface area contributed by atoms with E-state index in [2.05, 4.69) is 10.6 Å². The molecule has 1 aliphatic rings. The SMILES string of the molecule is CS(=O)(=O)c1cc(C(=O)OCC(=O)NC(=O)NC2CCCC2)ccc1Cl. The third-order valence-corrected chi connectivity index (χ3v) is 5.42. The monoisotopic (exact) mass is 402 g/mol. The number of hydrogen-bond acceptors (Lipinski definition) is 6. The second kappa shape index (κ2) is 8.50. The minimum atomic E-state index is -3.62. The van der Waals surface area contributed by atoms with Crippen molar-refractivity contribution in [2.75, 3.05) is 12.9 Å². The molecular weight excluding hydrogens is 384 g/mol. The number of amides is 3. The highest BCUT2D eigenvalue weighted by atomic mass is 35.5. The van der Waals surface area contributed by atoms with Crippen LogP contribution in [0.4, 0.5) is 4.79 Å². The van der Waals surface area contributed by atoms with Crippen LogP contribution in [0.25, 0.3) is 0 Å².